The molecule has 4 rings (SSSR count). The number of pyridine rings is 1. The van der Waals surface area contributed by atoms with Gasteiger partial charge in [-0.05, 0) is 31.9 Å². The third kappa shape index (κ3) is 3.64. The van der Waals surface area contributed by atoms with E-state index in [0.29, 0.717) is 12.5 Å². The summed E-state index contributed by atoms with van der Waals surface area (Å²) in [7, 11) is 0. The Morgan fingerprint density at radius 3 is 2.85 bits per heavy atom. The first-order valence-electron chi connectivity index (χ1n) is 9.22. The molecule has 2 aliphatic rings. The smallest absolute Gasteiger partial charge is 0.255 e. The largest absolute Gasteiger partial charge is 0.372 e. The van der Waals surface area contributed by atoms with E-state index in [-0.39, 0.29) is 17.8 Å². The zero-order chi connectivity index (χ0) is 18.1. The summed E-state index contributed by atoms with van der Waals surface area (Å²) in [6.07, 6.45) is 4.66. The number of morpholine rings is 1. The molecule has 4 heterocycles. The van der Waals surface area contributed by atoms with Crippen molar-refractivity contribution in [3.63, 3.8) is 0 Å². The lowest BCUT2D eigenvalue weighted by molar-refractivity contribution is -0.00576. The SMILES string of the molecule is C[C@@H]1CN(c2nc3c(c(=O)[nH]2)CCN(Cc2cccnc2)C3)C[C@@H](C)O1. The van der Waals surface area contributed by atoms with Gasteiger partial charge in [0.1, 0.15) is 0 Å². The van der Waals surface area contributed by atoms with Gasteiger partial charge in [-0.2, -0.15) is 0 Å². The molecule has 26 heavy (non-hydrogen) atoms. The average molecular weight is 355 g/mol. The Hall–Kier alpha value is -2.25. The monoisotopic (exact) mass is 355 g/mol. The van der Waals surface area contributed by atoms with E-state index < -0.39 is 0 Å². The number of nitrogens with zero attached hydrogens (tertiary/aromatic N) is 4. The van der Waals surface area contributed by atoms with Crippen molar-refractivity contribution in [1.29, 1.82) is 0 Å². The van der Waals surface area contributed by atoms with Crippen molar-refractivity contribution in [2.75, 3.05) is 24.5 Å². The summed E-state index contributed by atoms with van der Waals surface area (Å²) in [5, 5.41) is 0. The maximum Gasteiger partial charge on any atom is 0.255 e. The number of anilines is 1. The molecule has 2 aliphatic heterocycles. The molecule has 7 heteroatoms. The molecule has 2 aromatic heterocycles. The summed E-state index contributed by atoms with van der Waals surface area (Å²) in [4.78, 5) is 29.0. The van der Waals surface area contributed by atoms with Gasteiger partial charge in [0, 0.05) is 50.7 Å². The highest BCUT2D eigenvalue weighted by molar-refractivity contribution is 5.35. The van der Waals surface area contributed by atoms with Crippen molar-refractivity contribution in [1.82, 2.24) is 19.9 Å². The van der Waals surface area contributed by atoms with Gasteiger partial charge in [0.25, 0.3) is 5.56 Å². The molecule has 2 aromatic rings. The van der Waals surface area contributed by atoms with E-state index in [1.54, 1.807) is 6.20 Å². The van der Waals surface area contributed by atoms with Crippen LogP contribution in [-0.4, -0.2) is 51.7 Å². The quantitative estimate of drug-likeness (QED) is 0.896. The van der Waals surface area contributed by atoms with Crippen molar-refractivity contribution in [2.24, 2.45) is 0 Å². The highest BCUT2D eigenvalue weighted by Gasteiger charge is 2.26. The molecule has 1 N–H and O–H groups in total. The topological polar surface area (TPSA) is 74.4 Å². The highest BCUT2D eigenvalue weighted by Crippen LogP contribution is 2.20. The maximum absolute atomic E-state index is 12.6. The zero-order valence-corrected chi connectivity index (χ0v) is 15.3. The predicted molar refractivity (Wildman–Crippen MR) is 99.1 cm³/mol. The van der Waals surface area contributed by atoms with E-state index in [0.717, 1.165) is 43.9 Å². The van der Waals surface area contributed by atoms with Gasteiger partial charge in [-0.15, -0.1) is 0 Å². The lowest BCUT2D eigenvalue weighted by Crippen LogP contribution is -2.47. The van der Waals surface area contributed by atoms with Gasteiger partial charge in [-0.3, -0.25) is 19.7 Å². The fourth-order valence-electron chi connectivity index (χ4n) is 3.87. The van der Waals surface area contributed by atoms with Gasteiger partial charge >= 0.3 is 0 Å². The van der Waals surface area contributed by atoms with Crippen LogP contribution in [-0.2, 0) is 24.2 Å². The Morgan fingerprint density at radius 1 is 1.31 bits per heavy atom. The second-order valence-electron chi connectivity index (χ2n) is 7.30. The normalized spacial score (nSPS) is 23.7. The van der Waals surface area contributed by atoms with Crippen LogP contribution in [0.3, 0.4) is 0 Å². The number of fused-ring (bicyclic) bond motifs is 1. The lowest BCUT2D eigenvalue weighted by atomic mass is 10.1. The van der Waals surface area contributed by atoms with Crippen LogP contribution in [0.4, 0.5) is 5.95 Å². The van der Waals surface area contributed by atoms with Crippen LogP contribution in [0, 0.1) is 0 Å². The molecular weight excluding hydrogens is 330 g/mol. The van der Waals surface area contributed by atoms with Crippen molar-refractivity contribution in [3.05, 3.63) is 51.7 Å². The first-order chi connectivity index (χ1) is 12.6. The number of nitrogens with one attached hydrogen (secondary N) is 1. The van der Waals surface area contributed by atoms with Gasteiger partial charge in [-0.25, -0.2) is 4.98 Å². The number of ether oxygens (including phenoxy) is 1. The molecule has 0 spiro atoms. The Balaban J connectivity index is 1.55. The van der Waals surface area contributed by atoms with Gasteiger partial charge in [0.15, 0.2) is 0 Å². The van der Waals surface area contributed by atoms with Crippen LogP contribution in [0.25, 0.3) is 0 Å². The Bertz CT molecular complexity index is 812. The summed E-state index contributed by atoms with van der Waals surface area (Å²) in [5.41, 5.74) is 2.89. The molecule has 0 amide bonds. The summed E-state index contributed by atoms with van der Waals surface area (Å²) < 4.78 is 5.79. The molecule has 7 nitrogen and oxygen atoms in total. The van der Waals surface area contributed by atoms with Crippen molar-refractivity contribution in [2.45, 2.75) is 45.6 Å². The molecule has 2 atom stereocenters. The molecule has 138 valence electrons. The first-order valence-corrected chi connectivity index (χ1v) is 9.22. The minimum absolute atomic E-state index is 0.00201. The second kappa shape index (κ2) is 7.17. The summed E-state index contributed by atoms with van der Waals surface area (Å²) in [5.74, 6) is 0.666. The minimum Gasteiger partial charge on any atom is -0.372 e. The van der Waals surface area contributed by atoms with E-state index in [9.17, 15) is 4.79 Å². The van der Waals surface area contributed by atoms with E-state index >= 15 is 0 Å². The van der Waals surface area contributed by atoms with E-state index in [1.165, 1.54) is 5.56 Å². The summed E-state index contributed by atoms with van der Waals surface area (Å²) in [6.45, 7) is 7.96. The number of rotatable bonds is 3. The maximum atomic E-state index is 12.6. The summed E-state index contributed by atoms with van der Waals surface area (Å²) >= 11 is 0. The molecule has 0 unspecified atom stereocenters. The third-order valence-electron chi connectivity index (χ3n) is 4.99. The van der Waals surface area contributed by atoms with Crippen LogP contribution in [0.1, 0.15) is 30.7 Å². The number of hydrogen-bond donors (Lipinski definition) is 1. The van der Waals surface area contributed by atoms with Crippen molar-refractivity contribution >= 4 is 5.95 Å². The fraction of sp³-hybridized carbons (Fsp3) is 0.526. The van der Waals surface area contributed by atoms with E-state index in [4.69, 9.17) is 9.72 Å². The molecule has 1 saturated heterocycles. The number of aromatic amines is 1. The van der Waals surface area contributed by atoms with E-state index in [2.05, 4.69) is 39.7 Å². The minimum atomic E-state index is -0.00201. The first kappa shape index (κ1) is 17.2. The van der Waals surface area contributed by atoms with Crippen LogP contribution in [0.15, 0.2) is 29.3 Å². The molecule has 0 aromatic carbocycles. The molecule has 0 aliphatic carbocycles. The Morgan fingerprint density at radius 2 is 2.12 bits per heavy atom. The molecular formula is C19H25N5O2. The third-order valence-corrected chi connectivity index (χ3v) is 4.99. The lowest BCUT2D eigenvalue weighted by Gasteiger charge is -2.36. The van der Waals surface area contributed by atoms with Crippen LogP contribution < -0.4 is 10.5 Å². The standard InChI is InChI=1S/C19H25N5O2/c1-13-9-24(10-14(2)26-13)19-21-17-12-23(7-5-16(17)18(25)22-19)11-15-4-3-6-20-8-15/h3-4,6,8,13-14H,5,7,9-12H2,1-2H3,(H,21,22,25)/t13-,14-/m1/s1. The number of aromatic nitrogens is 3. The van der Waals surface area contributed by atoms with Crippen LogP contribution in [0.5, 0.6) is 0 Å². The highest BCUT2D eigenvalue weighted by atomic mass is 16.5. The van der Waals surface area contributed by atoms with Gasteiger partial charge in [-0.1, -0.05) is 6.07 Å². The zero-order valence-electron chi connectivity index (χ0n) is 15.3. The molecule has 0 saturated carbocycles. The van der Waals surface area contributed by atoms with Crippen LogP contribution in [0.2, 0.25) is 0 Å². The fourth-order valence-corrected chi connectivity index (χ4v) is 3.87. The van der Waals surface area contributed by atoms with Crippen molar-refractivity contribution < 1.29 is 4.74 Å². The van der Waals surface area contributed by atoms with Crippen LogP contribution >= 0.6 is 0 Å². The summed E-state index contributed by atoms with van der Waals surface area (Å²) in [6, 6.07) is 4.03. The average Bonchev–Trinajstić information content (AvgIpc) is 2.61. The van der Waals surface area contributed by atoms with Gasteiger partial charge < -0.3 is 9.64 Å². The van der Waals surface area contributed by atoms with E-state index in [1.807, 2.05) is 12.3 Å². The molecule has 1 fully saturated rings. The van der Waals surface area contributed by atoms with Gasteiger partial charge in [0.05, 0.1) is 17.9 Å². The Kier molecular flexibility index (Phi) is 4.74. The molecule has 0 bridgehead atoms. The number of H-pyrrole nitrogens is 1. The predicted octanol–water partition coefficient (Wildman–Crippen LogP) is 1.34. The van der Waals surface area contributed by atoms with Crippen molar-refractivity contribution in [3.8, 4) is 0 Å². The second-order valence-corrected chi connectivity index (χ2v) is 7.30. The number of hydrogen-bond acceptors (Lipinski definition) is 6. The Labute approximate surface area is 153 Å². The van der Waals surface area contributed by atoms with Gasteiger partial charge in [0.2, 0.25) is 5.95 Å². The molecule has 0 radical (unpaired) electrons.